The summed E-state index contributed by atoms with van der Waals surface area (Å²) in [5.41, 5.74) is 6.51. The van der Waals surface area contributed by atoms with Crippen LogP contribution in [0.3, 0.4) is 0 Å². The van der Waals surface area contributed by atoms with E-state index in [1.54, 1.807) is 41.2 Å². The molecule has 27 heavy (non-hydrogen) atoms. The van der Waals surface area contributed by atoms with Crippen molar-refractivity contribution in [2.75, 3.05) is 40.4 Å². The van der Waals surface area contributed by atoms with Crippen molar-refractivity contribution in [3.05, 3.63) is 47.4 Å². The van der Waals surface area contributed by atoms with Gasteiger partial charge in [0.25, 0.3) is 11.8 Å². The molecule has 1 saturated heterocycles. The number of carbonyl (C=O) groups excluding carboxylic acids is 2. The Hall–Kier alpha value is -3.00. The second-order valence-electron chi connectivity index (χ2n) is 6.16. The fraction of sp³-hybridized carbons (Fsp3) is 0.368. The number of carbonyl (C=O) groups is 2. The van der Waals surface area contributed by atoms with Crippen molar-refractivity contribution in [1.29, 1.82) is 0 Å². The van der Waals surface area contributed by atoms with E-state index in [0.717, 1.165) is 0 Å². The van der Waals surface area contributed by atoms with Crippen LogP contribution in [-0.2, 0) is 6.54 Å². The van der Waals surface area contributed by atoms with Gasteiger partial charge in [0.15, 0.2) is 11.5 Å². The van der Waals surface area contributed by atoms with Crippen LogP contribution in [0.15, 0.2) is 34.9 Å². The Balaban J connectivity index is 1.63. The first kappa shape index (κ1) is 18.8. The molecular formula is C19H23N3O5. The number of benzene rings is 1. The first-order valence-electron chi connectivity index (χ1n) is 8.65. The molecule has 2 heterocycles. The van der Waals surface area contributed by atoms with Gasteiger partial charge < -0.3 is 29.4 Å². The van der Waals surface area contributed by atoms with Crippen molar-refractivity contribution < 1.29 is 23.5 Å². The molecule has 144 valence electrons. The summed E-state index contributed by atoms with van der Waals surface area (Å²) < 4.78 is 15.7. The van der Waals surface area contributed by atoms with Crippen LogP contribution in [0, 0.1) is 0 Å². The van der Waals surface area contributed by atoms with E-state index < -0.39 is 0 Å². The lowest BCUT2D eigenvalue weighted by Gasteiger charge is -2.34. The number of amides is 2. The summed E-state index contributed by atoms with van der Waals surface area (Å²) in [5, 5.41) is 0. The minimum Gasteiger partial charge on any atom is -0.493 e. The molecule has 8 nitrogen and oxygen atoms in total. The lowest BCUT2D eigenvalue weighted by molar-refractivity contribution is 0.0535. The van der Waals surface area contributed by atoms with E-state index in [1.165, 1.54) is 13.4 Å². The third-order valence-corrected chi connectivity index (χ3v) is 4.59. The van der Waals surface area contributed by atoms with Gasteiger partial charge in [0.2, 0.25) is 0 Å². The second-order valence-corrected chi connectivity index (χ2v) is 6.16. The zero-order valence-electron chi connectivity index (χ0n) is 15.4. The summed E-state index contributed by atoms with van der Waals surface area (Å²) in [6.07, 6.45) is 1.42. The molecule has 0 saturated carbocycles. The maximum Gasteiger partial charge on any atom is 0.257 e. The van der Waals surface area contributed by atoms with Crippen LogP contribution in [0.1, 0.15) is 26.5 Å². The van der Waals surface area contributed by atoms with E-state index >= 15 is 0 Å². The Labute approximate surface area is 157 Å². The molecule has 0 radical (unpaired) electrons. The van der Waals surface area contributed by atoms with Crippen molar-refractivity contribution in [1.82, 2.24) is 9.80 Å². The maximum absolute atomic E-state index is 12.8. The SMILES string of the molecule is COc1ccc(C(=O)N2CCN(C(=O)c3coc(CN)c3)CC2)cc1OC. The van der Waals surface area contributed by atoms with Crippen LogP contribution in [0.25, 0.3) is 0 Å². The quantitative estimate of drug-likeness (QED) is 0.850. The molecule has 2 N–H and O–H groups in total. The molecule has 2 amide bonds. The van der Waals surface area contributed by atoms with Gasteiger partial charge >= 0.3 is 0 Å². The summed E-state index contributed by atoms with van der Waals surface area (Å²) in [5.74, 6) is 1.43. The molecule has 1 aliphatic rings. The highest BCUT2D eigenvalue weighted by molar-refractivity contribution is 5.96. The number of nitrogens with two attached hydrogens (primary N) is 1. The van der Waals surface area contributed by atoms with Crippen molar-refractivity contribution in [2.24, 2.45) is 5.73 Å². The van der Waals surface area contributed by atoms with E-state index in [1.807, 2.05) is 0 Å². The van der Waals surface area contributed by atoms with Gasteiger partial charge in [-0.05, 0) is 24.3 Å². The molecule has 1 aromatic heterocycles. The Bertz CT molecular complexity index is 825. The smallest absolute Gasteiger partial charge is 0.257 e. The highest BCUT2D eigenvalue weighted by Gasteiger charge is 2.26. The van der Waals surface area contributed by atoms with E-state index in [9.17, 15) is 9.59 Å². The summed E-state index contributed by atoms with van der Waals surface area (Å²) >= 11 is 0. The Kier molecular flexibility index (Phi) is 5.66. The minimum absolute atomic E-state index is 0.100. The van der Waals surface area contributed by atoms with Gasteiger partial charge in [-0.3, -0.25) is 9.59 Å². The molecule has 0 aliphatic carbocycles. The molecule has 0 unspecified atom stereocenters. The van der Waals surface area contributed by atoms with Crippen LogP contribution in [0.4, 0.5) is 0 Å². The van der Waals surface area contributed by atoms with Crippen LogP contribution in [0.2, 0.25) is 0 Å². The fourth-order valence-electron chi connectivity index (χ4n) is 3.05. The molecule has 1 fully saturated rings. The lowest BCUT2D eigenvalue weighted by atomic mass is 10.1. The zero-order valence-corrected chi connectivity index (χ0v) is 15.4. The van der Waals surface area contributed by atoms with Gasteiger partial charge in [-0.15, -0.1) is 0 Å². The van der Waals surface area contributed by atoms with Gasteiger partial charge in [-0.25, -0.2) is 0 Å². The predicted octanol–water partition coefficient (Wildman–Crippen LogP) is 1.35. The van der Waals surface area contributed by atoms with Gasteiger partial charge in [0.05, 0.1) is 26.3 Å². The van der Waals surface area contributed by atoms with Crippen molar-refractivity contribution >= 4 is 11.8 Å². The number of rotatable bonds is 5. The summed E-state index contributed by atoms with van der Waals surface area (Å²) in [6, 6.07) is 6.74. The van der Waals surface area contributed by atoms with Crippen LogP contribution in [-0.4, -0.2) is 62.0 Å². The van der Waals surface area contributed by atoms with Crippen LogP contribution < -0.4 is 15.2 Å². The largest absolute Gasteiger partial charge is 0.493 e. The molecular weight excluding hydrogens is 350 g/mol. The van der Waals surface area contributed by atoms with Gasteiger partial charge in [-0.2, -0.15) is 0 Å². The number of piperazine rings is 1. The highest BCUT2D eigenvalue weighted by atomic mass is 16.5. The number of hydrogen-bond donors (Lipinski definition) is 1. The Morgan fingerprint density at radius 1 is 0.963 bits per heavy atom. The average Bonchev–Trinajstić information content (AvgIpc) is 3.21. The number of hydrogen-bond acceptors (Lipinski definition) is 6. The molecule has 2 aromatic rings. The summed E-state index contributed by atoms with van der Waals surface area (Å²) in [4.78, 5) is 28.7. The Morgan fingerprint density at radius 3 is 2.07 bits per heavy atom. The first-order valence-corrected chi connectivity index (χ1v) is 8.65. The molecule has 0 bridgehead atoms. The van der Waals surface area contributed by atoms with E-state index in [4.69, 9.17) is 19.6 Å². The normalized spacial score (nSPS) is 14.2. The average molecular weight is 373 g/mol. The third-order valence-electron chi connectivity index (χ3n) is 4.59. The molecule has 0 atom stereocenters. The van der Waals surface area contributed by atoms with E-state index in [2.05, 4.69) is 0 Å². The van der Waals surface area contributed by atoms with Crippen molar-refractivity contribution in [3.8, 4) is 11.5 Å². The standard InChI is InChI=1S/C19H23N3O5/c1-25-16-4-3-13(10-17(16)26-2)18(23)21-5-7-22(8-6-21)19(24)14-9-15(11-20)27-12-14/h3-4,9-10,12H,5-8,11,20H2,1-2H3. The van der Waals surface area contributed by atoms with E-state index in [0.29, 0.717) is 54.6 Å². The number of methoxy groups -OCH3 is 2. The first-order chi connectivity index (χ1) is 13.1. The van der Waals surface area contributed by atoms with Crippen LogP contribution >= 0.6 is 0 Å². The third kappa shape index (κ3) is 3.90. The maximum atomic E-state index is 12.8. The minimum atomic E-state index is -0.114. The van der Waals surface area contributed by atoms with Gasteiger partial charge in [-0.1, -0.05) is 0 Å². The molecule has 1 aliphatic heterocycles. The molecule has 3 rings (SSSR count). The summed E-state index contributed by atoms with van der Waals surface area (Å²) in [7, 11) is 3.08. The monoisotopic (exact) mass is 373 g/mol. The van der Waals surface area contributed by atoms with Crippen molar-refractivity contribution in [2.45, 2.75) is 6.54 Å². The number of furan rings is 1. The summed E-state index contributed by atoms with van der Waals surface area (Å²) in [6.45, 7) is 2.09. The highest BCUT2D eigenvalue weighted by Crippen LogP contribution is 2.28. The fourth-order valence-corrected chi connectivity index (χ4v) is 3.05. The molecule has 0 spiro atoms. The zero-order chi connectivity index (χ0) is 19.4. The number of ether oxygens (including phenoxy) is 2. The van der Waals surface area contributed by atoms with Crippen LogP contribution in [0.5, 0.6) is 11.5 Å². The van der Waals surface area contributed by atoms with E-state index in [-0.39, 0.29) is 18.4 Å². The van der Waals surface area contributed by atoms with Crippen molar-refractivity contribution in [3.63, 3.8) is 0 Å². The van der Waals surface area contributed by atoms with Gasteiger partial charge in [0.1, 0.15) is 12.0 Å². The lowest BCUT2D eigenvalue weighted by Crippen LogP contribution is -2.50. The Morgan fingerprint density at radius 2 is 1.56 bits per heavy atom. The molecule has 1 aromatic carbocycles. The topological polar surface area (TPSA) is 98.2 Å². The van der Waals surface area contributed by atoms with Gasteiger partial charge in [0, 0.05) is 31.7 Å². The second kappa shape index (κ2) is 8.13. The predicted molar refractivity (Wildman–Crippen MR) is 98.0 cm³/mol. The number of nitrogens with zero attached hydrogens (tertiary/aromatic N) is 2. The molecule has 8 heteroatoms.